The van der Waals surface area contributed by atoms with E-state index < -0.39 is 10.8 Å². The number of benzene rings is 2. The van der Waals surface area contributed by atoms with E-state index in [1.165, 1.54) is 19.2 Å². The Labute approximate surface area is 159 Å². The van der Waals surface area contributed by atoms with Crippen molar-refractivity contribution in [1.82, 2.24) is 5.32 Å². The van der Waals surface area contributed by atoms with Crippen molar-refractivity contribution in [2.24, 2.45) is 0 Å². The van der Waals surface area contributed by atoms with Crippen molar-refractivity contribution in [3.63, 3.8) is 0 Å². The molecule has 1 aliphatic rings. The summed E-state index contributed by atoms with van der Waals surface area (Å²) in [4.78, 5) is 22.8. The van der Waals surface area contributed by atoms with E-state index >= 15 is 0 Å². The van der Waals surface area contributed by atoms with Gasteiger partial charge in [0.15, 0.2) is 22.4 Å². The number of methoxy groups -OCH3 is 1. The van der Waals surface area contributed by atoms with Crippen LogP contribution in [0.2, 0.25) is 0 Å². The molecule has 0 radical (unpaired) electrons. The van der Waals surface area contributed by atoms with E-state index in [4.69, 9.17) is 26.4 Å². The molecule has 1 amide bonds. The molecule has 27 heavy (non-hydrogen) atoms. The number of ether oxygens (including phenoxy) is 3. The maximum absolute atomic E-state index is 12.3. The number of amides is 1. The van der Waals surface area contributed by atoms with Crippen LogP contribution in [-0.4, -0.2) is 36.3 Å². The number of carbonyl (C=O) groups excluding carboxylic acids is 1. The van der Waals surface area contributed by atoms with Gasteiger partial charge in [0.1, 0.15) is 13.2 Å². The Hall–Kier alpha value is -3.40. The fraction of sp³-hybridized carbons (Fsp3) is 0.176. The third-order valence-corrected chi connectivity index (χ3v) is 3.87. The second kappa shape index (κ2) is 7.87. The first-order chi connectivity index (χ1) is 13.0. The van der Waals surface area contributed by atoms with E-state index in [2.05, 4.69) is 10.6 Å². The summed E-state index contributed by atoms with van der Waals surface area (Å²) in [6, 6.07) is 9.04. The fourth-order valence-electron chi connectivity index (χ4n) is 2.43. The molecule has 0 saturated carbocycles. The molecule has 2 aromatic rings. The summed E-state index contributed by atoms with van der Waals surface area (Å²) in [6.45, 7) is 0.941. The number of carbonyl (C=O) groups is 1. The molecule has 0 saturated heterocycles. The molecule has 0 spiro atoms. The number of nitrogens with zero attached hydrogens (tertiary/aromatic N) is 1. The molecule has 0 aromatic heterocycles. The number of nitro benzene ring substituents is 1. The van der Waals surface area contributed by atoms with E-state index in [1.807, 2.05) is 0 Å². The van der Waals surface area contributed by atoms with Crippen LogP contribution in [0.25, 0.3) is 0 Å². The van der Waals surface area contributed by atoms with Gasteiger partial charge in [-0.05, 0) is 36.5 Å². The van der Waals surface area contributed by atoms with Gasteiger partial charge in [-0.1, -0.05) is 0 Å². The Morgan fingerprint density at radius 3 is 2.63 bits per heavy atom. The summed E-state index contributed by atoms with van der Waals surface area (Å²) in [6.07, 6.45) is 0. The summed E-state index contributed by atoms with van der Waals surface area (Å²) >= 11 is 5.13. The third kappa shape index (κ3) is 4.23. The molecule has 10 heteroatoms. The van der Waals surface area contributed by atoms with Gasteiger partial charge in [0.2, 0.25) is 0 Å². The smallest absolute Gasteiger partial charge is 0.311 e. The average molecular weight is 389 g/mol. The maximum atomic E-state index is 12.3. The largest absolute Gasteiger partial charge is 0.490 e. The lowest BCUT2D eigenvalue weighted by molar-refractivity contribution is -0.385. The quantitative estimate of drug-likeness (QED) is 0.466. The number of hydrogen-bond donors (Lipinski definition) is 2. The summed E-state index contributed by atoms with van der Waals surface area (Å²) in [5.74, 6) is 0.683. The molecule has 2 N–H and O–H groups in total. The highest BCUT2D eigenvalue weighted by molar-refractivity contribution is 7.80. The zero-order valence-electron chi connectivity index (χ0n) is 14.2. The van der Waals surface area contributed by atoms with Gasteiger partial charge in [0, 0.05) is 23.4 Å². The highest BCUT2D eigenvalue weighted by Gasteiger charge is 2.19. The molecule has 0 fully saturated rings. The highest BCUT2D eigenvalue weighted by Crippen LogP contribution is 2.32. The van der Waals surface area contributed by atoms with Crippen molar-refractivity contribution in [2.45, 2.75) is 0 Å². The van der Waals surface area contributed by atoms with Gasteiger partial charge >= 0.3 is 5.69 Å². The molecule has 140 valence electrons. The maximum Gasteiger partial charge on any atom is 0.311 e. The predicted molar refractivity (Wildman–Crippen MR) is 101 cm³/mol. The van der Waals surface area contributed by atoms with Crippen molar-refractivity contribution < 1.29 is 23.9 Å². The zero-order valence-corrected chi connectivity index (χ0v) is 15.0. The fourth-order valence-corrected chi connectivity index (χ4v) is 2.64. The predicted octanol–water partition coefficient (Wildman–Crippen LogP) is 2.50. The van der Waals surface area contributed by atoms with Crippen molar-refractivity contribution in [2.75, 3.05) is 25.6 Å². The van der Waals surface area contributed by atoms with Gasteiger partial charge in [-0.3, -0.25) is 20.2 Å². The summed E-state index contributed by atoms with van der Waals surface area (Å²) in [5, 5.41) is 16.4. The Bertz CT molecular complexity index is 918. The number of thiocarbonyl (C=S) groups is 1. The van der Waals surface area contributed by atoms with Crippen molar-refractivity contribution in [3.05, 3.63) is 52.1 Å². The molecule has 0 bridgehead atoms. The SMILES string of the molecule is COc1ccc(C(=O)NC(=S)Nc2ccc3c(c2)OCCO3)cc1[N+](=O)[O-]. The Morgan fingerprint density at radius 2 is 1.93 bits per heavy atom. The first kappa shape index (κ1) is 18.4. The second-order valence-electron chi connectivity index (χ2n) is 5.41. The van der Waals surface area contributed by atoms with E-state index in [9.17, 15) is 14.9 Å². The van der Waals surface area contributed by atoms with Gasteiger partial charge in [-0.15, -0.1) is 0 Å². The molecule has 1 aliphatic heterocycles. The lowest BCUT2D eigenvalue weighted by Gasteiger charge is -2.19. The van der Waals surface area contributed by atoms with Crippen LogP contribution < -0.4 is 24.8 Å². The summed E-state index contributed by atoms with van der Waals surface area (Å²) in [7, 11) is 1.31. The molecule has 0 aliphatic carbocycles. The molecular weight excluding hydrogens is 374 g/mol. The highest BCUT2D eigenvalue weighted by atomic mass is 32.1. The lowest BCUT2D eigenvalue weighted by atomic mass is 10.1. The lowest BCUT2D eigenvalue weighted by Crippen LogP contribution is -2.34. The number of fused-ring (bicyclic) bond motifs is 1. The van der Waals surface area contributed by atoms with E-state index in [1.54, 1.807) is 18.2 Å². The van der Waals surface area contributed by atoms with E-state index in [-0.39, 0.29) is 22.1 Å². The van der Waals surface area contributed by atoms with Crippen LogP contribution in [-0.2, 0) is 0 Å². The molecule has 0 atom stereocenters. The minimum absolute atomic E-state index is 0.0372. The van der Waals surface area contributed by atoms with E-state index in [0.717, 1.165) is 6.07 Å². The van der Waals surface area contributed by atoms with Crippen LogP contribution in [0.15, 0.2) is 36.4 Å². The average Bonchev–Trinajstić information content (AvgIpc) is 2.67. The summed E-state index contributed by atoms with van der Waals surface area (Å²) in [5.41, 5.74) is 0.370. The Balaban J connectivity index is 1.68. The number of rotatable bonds is 4. The van der Waals surface area contributed by atoms with Crippen LogP contribution in [0.3, 0.4) is 0 Å². The van der Waals surface area contributed by atoms with Gasteiger partial charge in [0.05, 0.1) is 12.0 Å². The standard InChI is InChI=1S/C17H15N3O6S/c1-24-13-4-2-10(8-12(13)20(22)23)16(21)19-17(27)18-11-3-5-14-15(9-11)26-7-6-25-14/h2-5,8-9H,6-7H2,1H3,(H2,18,19,21,27). The topological polar surface area (TPSA) is 112 Å². The minimum Gasteiger partial charge on any atom is -0.490 e. The van der Waals surface area contributed by atoms with Crippen LogP contribution in [0.4, 0.5) is 11.4 Å². The van der Waals surface area contributed by atoms with Crippen molar-refractivity contribution in [3.8, 4) is 17.2 Å². The number of nitro groups is 1. The van der Waals surface area contributed by atoms with Crippen LogP contribution in [0.5, 0.6) is 17.2 Å². The molecular formula is C17H15N3O6S. The van der Waals surface area contributed by atoms with Crippen LogP contribution in [0.1, 0.15) is 10.4 Å². The van der Waals surface area contributed by atoms with Crippen molar-refractivity contribution >= 4 is 34.6 Å². The number of anilines is 1. The molecule has 1 heterocycles. The number of nitrogens with one attached hydrogen (secondary N) is 2. The van der Waals surface area contributed by atoms with Crippen LogP contribution in [0, 0.1) is 10.1 Å². The third-order valence-electron chi connectivity index (χ3n) is 3.66. The van der Waals surface area contributed by atoms with Gasteiger partial charge in [-0.25, -0.2) is 0 Å². The Morgan fingerprint density at radius 1 is 1.19 bits per heavy atom. The minimum atomic E-state index is -0.624. The second-order valence-corrected chi connectivity index (χ2v) is 5.82. The number of hydrogen-bond acceptors (Lipinski definition) is 7. The van der Waals surface area contributed by atoms with Crippen LogP contribution >= 0.6 is 12.2 Å². The van der Waals surface area contributed by atoms with Gasteiger partial charge in [-0.2, -0.15) is 0 Å². The molecule has 9 nitrogen and oxygen atoms in total. The van der Waals surface area contributed by atoms with Gasteiger partial charge < -0.3 is 19.5 Å². The zero-order chi connectivity index (χ0) is 19.4. The molecule has 0 unspecified atom stereocenters. The monoisotopic (exact) mass is 389 g/mol. The molecule has 2 aromatic carbocycles. The van der Waals surface area contributed by atoms with Gasteiger partial charge in [0.25, 0.3) is 5.91 Å². The Kier molecular flexibility index (Phi) is 5.36. The van der Waals surface area contributed by atoms with E-state index in [0.29, 0.717) is 30.4 Å². The first-order valence-corrected chi connectivity index (χ1v) is 8.23. The molecule has 3 rings (SSSR count). The first-order valence-electron chi connectivity index (χ1n) is 7.82. The summed E-state index contributed by atoms with van der Waals surface area (Å²) < 4.78 is 15.8. The normalized spacial score (nSPS) is 12.0. The van der Waals surface area contributed by atoms with Crippen molar-refractivity contribution in [1.29, 1.82) is 0 Å².